The summed E-state index contributed by atoms with van der Waals surface area (Å²) >= 11 is 0. The van der Waals surface area contributed by atoms with Crippen molar-refractivity contribution in [2.24, 2.45) is 23.0 Å². The van der Waals surface area contributed by atoms with E-state index in [4.69, 9.17) is 10.5 Å². The lowest BCUT2D eigenvalue weighted by molar-refractivity contribution is -0.151. The minimum atomic E-state index is -0.424. The number of hydrogen-bond acceptors (Lipinski definition) is 4. The van der Waals surface area contributed by atoms with E-state index >= 15 is 0 Å². The van der Waals surface area contributed by atoms with Crippen LogP contribution in [0.15, 0.2) is 0 Å². The fourth-order valence-electron chi connectivity index (χ4n) is 3.64. The molecule has 1 aliphatic carbocycles. The molecular weight excluding hydrogens is 228 g/mol. The molecule has 0 bridgehead atoms. The van der Waals surface area contributed by atoms with E-state index in [2.05, 4.69) is 4.90 Å². The maximum atomic E-state index is 11.7. The van der Waals surface area contributed by atoms with Crippen molar-refractivity contribution < 1.29 is 9.53 Å². The molecule has 0 spiro atoms. The molecule has 4 heteroatoms. The van der Waals surface area contributed by atoms with E-state index in [1.807, 2.05) is 13.8 Å². The van der Waals surface area contributed by atoms with E-state index in [0.717, 1.165) is 32.0 Å². The van der Waals surface area contributed by atoms with Gasteiger partial charge in [-0.2, -0.15) is 0 Å². The molecule has 2 fully saturated rings. The highest BCUT2D eigenvalue weighted by molar-refractivity contribution is 5.76. The molecule has 2 N–H and O–H groups in total. The Morgan fingerprint density at radius 2 is 2.11 bits per heavy atom. The van der Waals surface area contributed by atoms with Crippen LogP contribution in [0.5, 0.6) is 0 Å². The number of rotatable bonds is 3. The van der Waals surface area contributed by atoms with Gasteiger partial charge in [-0.15, -0.1) is 0 Å². The molecular formula is C14H26N2O2. The molecule has 3 unspecified atom stereocenters. The molecule has 1 saturated heterocycles. The van der Waals surface area contributed by atoms with E-state index in [1.165, 1.54) is 20.0 Å². The average Bonchev–Trinajstić information content (AvgIpc) is 2.71. The van der Waals surface area contributed by atoms with Gasteiger partial charge < -0.3 is 15.4 Å². The van der Waals surface area contributed by atoms with Crippen molar-refractivity contribution in [2.75, 3.05) is 26.7 Å². The van der Waals surface area contributed by atoms with Gasteiger partial charge in [0.1, 0.15) is 0 Å². The number of nitrogens with two attached hydrogens (primary N) is 1. The molecule has 0 amide bonds. The van der Waals surface area contributed by atoms with Crippen LogP contribution in [0.25, 0.3) is 0 Å². The molecule has 104 valence electrons. The van der Waals surface area contributed by atoms with Gasteiger partial charge in [0.15, 0.2) is 0 Å². The molecule has 2 aliphatic rings. The Balaban J connectivity index is 1.94. The predicted molar refractivity (Wildman–Crippen MR) is 71.0 cm³/mol. The molecule has 0 aromatic carbocycles. The van der Waals surface area contributed by atoms with Crippen LogP contribution in [0.3, 0.4) is 0 Å². The lowest BCUT2D eigenvalue weighted by Gasteiger charge is -2.30. The number of esters is 1. The molecule has 0 aromatic rings. The van der Waals surface area contributed by atoms with Gasteiger partial charge in [-0.1, -0.05) is 6.42 Å². The molecule has 4 nitrogen and oxygen atoms in total. The Morgan fingerprint density at radius 3 is 2.72 bits per heavy atom. The Bertz CT molecular complexity index is 317. The van der Waals surface area contributed by atoms with E-state index in [9.17, 15) is 4.79 Å². The van der Waals surface area contributed by atoms with Crippen LogP contribution < -0.4 is 5.73 Å². The Kier molecular flexibility index (Phi) is 3.97. The first-order valence-electron chi connectivity index (χ1n) is 7.00. The number of nitrogens with zero attached hydrogens (tertiary/aromatic N) is 1. The van der Waals surface area contributed by atoms with Crippen molar-refractivity contribution >= 4 is 5.97 Å². The summed E-state index contributed by atoms with van der Waals surface area (Å²) in [6.45, 7) is 6.84. The molecule has 18 heavy (non-hydrogen) atoms. The minimum Gasteiger partial charge on any atom is -0.469 e. The second-order valence-electron chi connectivity index (χ2n) is 6.59. The third kappa shape index (κ3) is 2.69. The first-order valence-corrected chi connectivity index (χ1v) is 7.00. The van der Waals surface area contributed by atoms with Gasteiger partial charge in [0.25, 0.3) is 0 Å². The second-order valence-corrected chi connectivity index (χ2v) is 6.59. The molecule has 1 heterocycles. The topological polar surface area (TPSA) is 55.6 Å². The summed E-state index contributed by atoms with van der Waals surface area (Å²) < 4.78 is 4.87. The standard InChI is InChI=1S/C14H26N2O2/c1-14(2,13(17)18-3)9-16-7-10-5-4-6-12(15)11(10)8-16/h10-12H,4-9,15H2,1-3H3. The summed E-state index contributed by atoms with van der Waals surface area (Å²) in [5.74, 6) is 1.25. The SMILES string of the molecule is COC(=O)C(C)(C)CN1CC2CCCC(N)C2C1. The summed E-state index contributed by atoms with van der Waals surface area (Å²) in [5, 5.41) is 0. The predicted octanol–water partition coefficient (Wildman–Crippen LogP) is 1.24. The minimum absolute atomic E-state index is 0.123. The van der Waals surface area contributed by atoms with Crippen molar-refractivity contribution in [1.29, 1.82) is 0 Å². The highest BCUT2D eigenvalue weighted by Gasteiger charge is 2.41. The molecule has 1 aliphatic heterocycles. The van der Waals surface area contributed by atoms with E-state index in [-0.39, 0.29) is 5.97 Å². The van der Waals surface area contributed by atoms with Crippen molar-refractivity contribution in [3.63, 3.8) is 0 Å². The molecule has 0 aromatic heterocycles. The number of carbonyl (C=O) groups excluding carboxylic acids is 1. The highest BCUT2D eigenvalue weighted by Crippen LogP contribution is 2.36. The van der Waals surface area contributed by atoms with Crippen LogP contribution in [0.2, 0.25) is 0 Å². The molecule has 2 rings (SSSR count). The summed E-state index contributed by atoms with van der Waals surface area (Å²) in [5.41, 5.74) is 5.79. The third-order valence-corrected chi connectivity index (χ3v) is 4.59. The first kappa shape index (κ1) is 13.8. The van der Waals surface area contributed by atoms with Crippen LogP contribution in [0.1, 0.15) is 33.1 Å². The van der Waals surface area contributed by atoms with Crippen molar-refractivity contribution in [3.05, 3.63) is 0 Å². The molecule has 1 saturated carbocycles. The highest BCUT2D eigenvalue weighted by atomic mass is 16.5. The zero-order valence-corrected chi connectivity index (χ0v) is 11.8. The average molecular weight is 254 g/mol. The maximum absolute atomic E-state index is 11.7. The lowest BCUT2D eigenvalue weighted by Crippen LogP contribution is -2.40. The van der Waals surface area contributed by atoms with Gasteiger partial charge in [0, 0.05) is 25.7 Å². The number of ether oxygens (including phenoxy) is 1. The van der Waals surface area contributed by atoms with Crippen molar-refractivity contribution in [2.45, 2.75) is 39.2 Å². The Hall–Kier alpha value is -0.610. The number of carbonyl (C=O) groups is 1. The monoisotopic (exact) mass is 254 g/mol. The van der Waals surface area contributed by atoms with E-state index < -0.39 is 5.41 Å². The summed E-state index contributed by atoms with van der Waals surface area (Å²) in [6.07, 6.45) is 3.72. The third-order valence-electron chi connectivity index (χ3n) is 4.59. The zero-order valence-electron chi connectivity index (χ0n) is 11.8. The number of methoxy groups -OCH3 is 1. The second kappa shape index (κ2) is 5.17. The number of likely N-dealkylation sites (tertiary alicyclic amines) is 1. The van der Waals surface area contributed by atoms with Gasteiger partial charge in [-0.25, -0.2) is 0 Å². The lowest BCUT2D eigenvalue weighted by atomic mass is 9.78. The Labute approximate surface area is 110 Å². The fraction of sp³-hybridized carbons (Fsp3) is 0.929. The first-order chi connectivity index (χ1) is 8.44. The summed E-state index contributed by atoms with van der Waals surface area (Å²) in [4.78, 5) is 14.1. The maximum Gasteiger partial charge on any atom is 0.312 e. The zero-order chi connectivity index (χ0) is 13.3. The molecule has 0 radical (unpaired) electrons. The van der Waals surface area contributed by atoms with E-state index in [1.54, 1.807) is 0 Å². The van der Waals surface area contributed by atoms with E-state index in [0.29, 0.717) is 12.0 Å². The fourth-order valence-corrected chi connectivity index (χ4v) is 3.64. The summed E-state index contributed by atoms with van der Waals surface area (Å²) in [6, 6.07) is 0.356. The normalized spacial score (nSPS) is 33.2. The molecule has 3 atom stereocenters. The van der Waals surface area contributed by atoms with Crippen LogP contribution in [-0.4, -0.2) is 43.7 Å². The van der Waals surface area contributed by atoms with Crippen molar-refractivity contribution in [1.82, 2.24) is 4.90 Å². The number of hydrogen-bond donors (Lipinski definition) is 1. The van der Waals surface area contributed by atoms with Crippen molar-refractivity contribution in [3.8, 4) is 0 Å². The quantitative estimate of drug-likeness (QED) is 0.770. The van der Waals surface area contributed by atoms with Gasteiger partial charge >= 0.3 is 5.97 Å². The van der Waals surface area contributed by atoms with Gasteiger partial charge in [0.05, 0.1) is 12.5 Å². The number of fused-ring (bicyclic) bond motifs is 1. The van der Waals surface area contributed by atoms with Crippen LogP contribution in [0.4, 0.5) is 0 Å². The van der Waals surface area contributed by atoms with Gasteiger partial charge in [0.2, 0.25) is 0 Å². The Morgan fingerprint density at radius 1 is 1.39 bits per heavy atom. The largest absolute Gasteiger partial charge is 0.469 e. The van der Waals surface area contributed by atoms with Gasteiger partial charge in [-0.05, 0) is 38.5 Å². The van der Waals surface area contributed by atoms with Gasteiger partial charge in [-0.3, -0.25) is 4.79 Å². The van der Waals surface area contributed by atoms with Crippen LogP contribution >= 0.6 is 0 Å². The van der Waals surface area contributed by atoms with Crippen LogP contribution in [0, 0.1) is 17.3 Å². The van der Waals surface area contributed by atoms with Crippen LogP contribution in [-0.2, 0) is 9.53 Å². The smallest absolute Gasteiger partial charge is 0.312 e. The summed E-state index contributed by atoms with van der Waals surface area (Å²) in [7, 11) is 1.46.